The summed E-state index contributed by atoms with van der Waals surface area (Å²) < 4.78 is 32.6. The Hall–Kier alpha value is -1.87. The lowest BCUT2D eigenvalue weighted by molar-refractivity contribution is 0.0730. The van der Waals surface area contributed by atoms with E-state index in [2.05, 4.69) is 17.4 Å². The number of aryl methyl sites for hydroxylation is 1. The highest BCUT2D eigenvalue weighted by Gasteiger charge is 2.28. The van der Waals surface area contributed by atoms with Gasteiger partial charge in [0.15, 0.2) is 0 Å². The molecule has 0 radical (unpaired) electrons. The van der Waals surface area contributed by atoms with Crippen LogP contribution in [-0.2, 0) is 20.5 Å². The van der Waals surface area contributed by atoms with E-state index >= 15 is 0 Å². The molecule has 0 spiro atoms. The number of nitrogens with one attached hydrogen (secondary N) is 1. The zero-order chi connectivity index (χ0) is 20.7. The highest BCUT2D eigenvalue weighted by Crippen LogP contribution is 2.22. The largest absolute Gasteiger partial charge is 0.379 e. The molecule has 8 heteroatoms. The standard InChI is InChI=1S/C21H26N2O4S2/c1-17-7-8-19(15-20(17)29(25,26)23-10-12-27-13-11-23)21(24)22-9-14-28-16-18-5-3-2-4-6-18/h2-8,15H,9-14,16H2,1H3,(H,22,24). The maximum absolute atomic E-state index is 13.0. The first-order valence-electron chi connectivity index (χ1n) is 9.57. The van der Waals surface area contributed by atoms with Gasteiger partial charge in [-0.1, -0.05) is 36.4 Å². The highest BCUT2D eigenvalue weighted by atomic mass is 32.2. The average molecular weight is 435 g/mol. The number of morpholine rings is 1. The number of carbonyl (C=O) groups excluding carboxylic acids is 1. The quantitative estimate of drug-likeness (QED) is 0.647. The second-order valence-electron chi connectivity index (χ2n) is 6.79. The van der Waals surface area contributed by atoms with Gasteiger partial charge in [0.1, 0.15) is 0 Å². The fourth-order valence-electron chi connectivity index (χ4n) is 3.05. The van der Waals surface area contributed by atoms with E-state index in [4.69, 9.17) is 4.74 Å². The van der Waals surface area contributed by atoms with Crippen molar-refractivity contribution in [2.75, 3.05) is 38.6 Å². The van der Waals surface area contributed by atoms with Crippen molar-refractivity contribution in [1.82, 2.24) is 9.62 Å². The van der Waals surface area contributed by atoms with Gasteiger partial charge in [-0.2, -0.15) is 16.1 Å². The molecule has 1 N–H and O–H groups in total. The number of rotatable bonds is 8. The van der Waals surface area contributed by atoms with Crippen molar-refractivity contribution in [3.8, 4) is 0 Å². The van der Waals surface area contributed by atoms with Crippen LogP contribution >= 0.6 is 11.8 Å². The Balaban J connectivity index is 1.57. The lowest BCUT2D eigenvalue weighted by Gasteiger charge is -2.26. The van der Waals surface area contributed by atoms with E-state index in [1.807, 2.05) is 18.2 Å². The minimum absolute atomic E-state index is 0.186. The predicted octanol–water partition coefficient (Wildman–Crippen LogP) is 2.68. The van der Waals surface area contributed by atoms with Crippen LogP contribution in [0.1, 0.15) is 21.5 Å². The van der Waals surface area contributed by atoms with Crippen LogP contribution in [0.4, 0.5) is 0 Å². The number of hydrogen-bond donors (Lipinski definition) is 1. The van der Waals surface area contributed by atoms with Crippen LogP contribution in [0.25, 0.3) is 0 Å². The minimum atomic E-state index is -3.64. The number of amides is 1. The Morgan fingerprint density at radius 2 is 1.86 bits per heavy atom. The van der Waals surface area contributed by atoms with E-state index < -0.39 is 10.0 Å². The summed E-state index contributed by atoms with van der Waals surface area (Å²) in [6.45, 7) is 3.71. The molecule has 2 aromatic rings. The van der Waals surface area contributed by atoms with Crippen molar-refractivity contribution >= 4 is 27.7 Å². The first-order valence-corrected chi connectivity index (χ1v) is 12.2. The lowest BCUT2D eigenvalue weighted by Crippen LogP contribution is -2.41. The van der Waals surface area contributed by atoms with Gasteiger partial charge in [0.25, 0.3) is 5.91 Å². The second-order valence-corrected chi connectivity index (χ2v) is 9.80. The molecule has 0 saturated carbocycles. The monoisotopic (exact) mass is 434 g/mol. The minimum Gasteiger partial charge on any atom is -0.379 e. The van der Waals surface area contributed by atoms with E-state index in [9.17, 15) is 13.2 Å². The summed E-state index contributed by atoms with van der Waals surface area (Å²) in [4.78, 5) is 12.7. The molecule has 2 aromatic carbocycles. The topological polar surface area (TPSA) is 75.7 Å². The van der Waals surface area contributed by atoms with E-state index in [0.29, 0.717) is 44.0 Å². The molecular formula is C21H26N2O4S2. The second kappa shape index (κ2) is 10.2. The average Bonchev–Trinajstić information content (AvgIpc) is 2.75. The van der Waals surface area contributed by atoms with Gasteiger partial charge in [-0.05, 0) is 30.2 Å². The summed E-state index contributed by atoms with van der Waals surface area (Å²) >= 11 is 1.74. The van der Waals surface area contributed by atoms with Crippen molar-refractivity contribution in [1.29, 1.82) is 0 Å². The SMILES string of the molecule is Cc1ccc(C(=O)NCCSCc2ccccc2)cc1S(=O)(=O)N1CCOCC1. The number of carbonyl (C=O) groups is 1. The molecule has 1 amide bonds. The van der Waals surface area contributed by atoms with Crippen molar-refractivity contribution in [2.24, 2.45) is 0 Å². The fraction of sp³-hybridized carbons (Fsp3) is 0.381. The van der Waals surface area contributed by atoms with Crippen molar-refractivity contribution in [3.05, 3.63) is 65.2 Å². The molecule has 1 heterocycles. The molecule has 1 aliphatic heterocycles. The number of benzene rings is 2. The molecule has 156 valence electrons. The van der Waals surface area contributed by atoms with Gasteiger partial charge < -0.3 is 10.1 Å². The fourth-order valence-corrected chi connectivity index (χ4v) is 5.53. The Morgan fingerprint density at radius 3 is 2.59 bits per heavy atom. The molecule has 6 nitrogen and oxygen atoms in total. The first kappa shape index (κ1) is 21.8. The van der Waals surface area contributed by atoms with Gasteiger partial charge in [-0.15, -0.1) is 0 Å². The smallest absolute Gasteiger partial charge is 0.251 e. The summed E-state index contributed by atoms with van der Waals surface area (Å²) in [7, 11) is -3.64. The van der Waals surface area contributed by atoms with Gasteiger partial charge in [0.2, 0.25) is 10.0 Å². The normalized spacial score (nSPS) is 15.2. The van der Waals surface area contributed by atoms with Crippen LogP contribution in [0.3, 0.4) is 0 Å². The van der Waals surface area contributed by atoms with Crippen LogP contribution < -0.4 is 5.32 Å². The highest BCUT2D eigenvalue weighted by molar-refractivity contribution is 7.98. The van der Waals surface area contributed by atoms with Crippen molar-refractivity contribution in [3.63, 3.8) is 0 Å². The van der Waals surface area contributed by atoms with Gasteiger partial charge in [0, 0.05) is 36.7 Å². The summed E-state index contributed by atoms with van der Waals surface area (Å²) in [6.07, 6.45) is 0. The predicted molar refractivity (Wildman–Crippen MR) is 116 cm³/mol. The Kier molecular flexibility index (Phi) is 7.71. The number of sulfonamides is 1. The first-order chi connectivity index (χ1) is 14.0. The molecule has 0 aliphatic carbocycles. The third-order valence-electron chi connectivity index (χ3n) is 4.68. The summed E-state index contributed by atoms with van der Waals surface area (Å²) in [5.41, 5.74) is 2.24. The van der Waals surface area contributed by atoms with E-state index in [1.54, 1.807) is 30.8 Å². The maximum Gasteiger partial charge on any atom is 0.251 e. The van der Waals surface area contributed by atoms with E-state index in [-0.39, 0.29) is 10.8 Å². The number of hydrogen-bond acceptors (Lipinski definition) is 5. The molecule has 1 aliphatic rings. The van der Waals surface area contributed by atoms with Gasteiger partial charge in [-0.3, -0.25) is 4.79 Å². The Labute approximate surface area is 176 Å². The molecule has 0 aromatic heterocycles. The summed E-state index contributed by atoms with van der Waals surface area (Å²) in [6, 6.07) is 15.0. The number of nitrogens with zero attached hydrogens (tertiary/aromatic N) is 1. The Morgan fingerprint density at radius 1 is 1.14 bits per heavy atom. The lowest BCUT2D eigenvalue weighted by atomic mass is 10.1. The van der Waals surface area contributed by atoms with Crippen molar-refractivity contribution in [2.45, 2.75) is 17.6 Å². The Bertz CT molecular complexity index is 927. The summed E-state index contributed by atoms with van der Waals surface area (Å²) in [5, 5.41) is 2.87. The molecule has 29 heavy (non-hydrogen) atoms. The van der Waals surface area contributed by atoms with Gasteiger partial charge in [0.05, 0.1) is 18.1 Å². The molecule has 0 atom stereocenters. The van der Waals surface area contributed by atoms with E-state index in [1.165, 1.54) is 15.9 Å². The molecular weight excluding hydrogens is 408 g/mol. The van der Waals surface area contributed by atoms with Gasteiger partial charge in [-0.25, -0.2) is 8.42 Å². The third-order valence-corrected chi connectivity index (χ3v) is 7.75. The van der Waals surface area contributed by atoms with Crippen molar-refractivity contribution < 1.29 is 17.9 Å². The van der Waals surface area contributed by atoms with Crippen LogP contribution in [0, 0.1) is 6.92 Å². The third kappa shape index (κ3) is 5.82. The van der Waals surface area contributed by atoms with Crippen LogP contribution in [0.15, 0.2) is 53.4 Å². The summed E-state index contributed by atoms with van der Waals surface area (Å²) in [5.74, 6) is 1.41. The molecule has 1 fully saturated rings. The van der Waals surface area contributed by atoms with Crippen LogP contribution in [-0.4, -0.2) is 57.2 Å². The van der Waals surface area contributed by atoms with Gasteiger partial charge >= 0.3 is 0 Å². The maximum atomic E-state index is 13.0. The number of thioether (sulfide) groups is 1. The zero-order valence-electron chi connectivity index (χ0n) is 16.5. The molecule has 3 rings (SSSR count). The number of ether oxygens (including phenoxy) is 1. The van der Waals surface area contributed by atoms with Crippen LogP contribution in [0.5, 0.6) is 0 Å². The van der Waals surface area contributed by atoms with Crippen LogP contribution in [0.2, 0.25) is 0 Å². The molecule has 1 saturated heterocycles. The zero-order valence-corrected chi connectivity index (χ0v) is 18.1. The molecule has 0 unspecified atom stereocenters. The van der Waals surface area contributed by atoms with E-state index in [0.717, 1.165) is 11.5 Å². The molecule has 0 bridgehead atoms.